The molecule has 2 aliphatic heterocycles. The van der Waals surface area contributed by atoms with E-state index in [9.17, 15) is 4.79 Å². The van der Waals surface area contributed by atoms with Crippen molar-refractivity contribution in [2.45, 2.75) is 44.8 Å². The predicted molar refractivity (Wildman–Crippen MR) is 86.4 cm³/mol. The van der Waals surface area contributed by atoms with Gasteiger partial charge in [0.15, 0.2) is 0 Å². The van der Waals surface area contributed by atoms with Gasteiger partial charge in [-0.2, -0.15) is 0 Å². The number of likely N-dealkylation sites (tertiary alicyclic amines) is 1. The SMILES string of the molecule is CC(C)N1CCCC(N2CCNCC2c2cccnc2)C1=O. The summed E-state index contributed by atoms with van der Waals surface area (Å²) >= 11 is 0. The van der Waals surface area contributed by atoms with Gasteiger partial charge >= 0.3 is 0 Å². The highest BCUT2D eigenvalue weighted by atomic mass is 16.2. The van der Waals surface area contributed by atoms with Gasteiger partial charge in [0.05, 0.1) is 6.04 Å². The highest BCUT2D eigenvalue weighted by Crippen LogP contribution is 2.29. The number of amides is 1. The third-order valence-electron chi connectivity index (χ3n) is 4.82. The lowest BCUT2D eigenvalue weighted by molar-refractivity contribution is -0.143. The molecule has 5 heteroatoms. The largest absolute Gasteiger partial charge is 0.339 e. The molecule has 3 heterocycles. The van der Waals surface area contributed by atoms with Crippen LogP contribution in [0.2, 0.25) is 0 Å². The number of hydrogen-bond donors (Lipinski definition) is 1. The second kappa shape index (κ2) is 6.75. The summed E-state index contributed by atoms with van der Waals surface area (Å²) in [5, 5.41) is 3.46. The van der Waals surface area contributed by atoms with Crippen LogP contribution in [0.1, 0.15) is 38.3 Å². The normalized spacial score (nSPS) is 27.4. The van der Waals surface area contributed by atoms with Gasteiger partial charge in [-0.3, -0.25) is 14.7 Å². The first kappa shape index (κ1) is 15.4. The van der Waals surface area contributed by atoms with E-state index in [1.165, 1.54) is 5.56 Å². The number of nitrogens with zero attached hydrogens (tertiary/aromatic N) is 3. The van der Waals surface area contributed by atoms with Crippen LogP contribution in [-0.4, -0.2) is 59.0 Å². The summed E-state index contributed by atoms with van der Waals surface area (Å²) in [7, 11) is 0. The van der Waals surface area contributed by atoms with E-state index in [0.29, 0.717) is 5.91 Å². The average molecular weight is 302 g/mol. The van der Waals surface area contributed by atoms with E-state index in [0.717, 1.165) is 39.0 Å². The number of rotatable bonds is 3. The molecule has 2 unspecified atom stereocenters. The van der Waals surface area contributed by atoms with E-state index in [1.54, 1.807) is 6.20 Å². The molecule has 2 atom stereocenters. The topological polar surface area (TPSA) is 48.5 Å². The number of aromatic nitrogens is 1. The zero-order valence-corrected chi connectivity index (χ0v) is 13.5. The Kier molecular flexibility index (Phi) is 4.74. The minimum atomic E-state index is 0.0171. The molecule has 2 fully saturated rings. The Morgan fingerprint density at radius 1 is 1.32 bits per heavy atom. The maximum atomic E-state index is 12.9. The Bertz CT molecular complexity index is 505. The molecular weight excluding hydrogens is 276 g/mol. The fraction of sp³-hybridized carbons (Fsp3) is 0.647. The van der Waals surface area contributed by atoms with Gasteiger partial charge in [0.1, 0.15) is 0 Å². The van der Waals surface area contributed by atoms with Crippen LogP contribution in [0, 0.1) is 0 Å². The van der Waals surface area contributed by atoms with Crippen molar-refractivity contribution >= 4 is 5.91 Å². The maximum absolute atomic E-state index is 12.9. The van der Waals surface area contributed by atoms with Crippen LogP contribution in [0.3, 0.4) is 0 Å². The smallest absolute Gasteiger partial charge is 0.240 e. The summed E-state index contributed by atoms with van der Waals surface area (Å²) in [6.07, 6.45) is 5.80. The molecule has 0 radical (unpaired) electrons. The number of carbonyl (C=O) groups excluding carboxylic acids is 1. The molecule has 1 amide bonds. The third kappa shape index (κ3) is 3.01. The monoisotopic (exact) mass is 302 g/mol. The van der Waals surface area contributed by atoms with E-state index in [4.69, 9.17) is 0 Å². The first-order valence-electron chi connectivity index (χ1n) is 8.35. The fourth-order valence-corrected chi connectivity index (χ4v) is 3.68. The van der Waals surface area contributed by atoms with Crippen molar-refractivity contribution in [3.8, 4) is 0 Å². The number of piperidine rings is 1. The maximum Gasteiger partial charge on any atom is 0.240 e. The summed E-state index contributed by atoms with van der Waals surface area (Å²) in [6, 6.07) is 4.64. The Balaban J connectivity index is 1.82. The van der Waals surface area contributed by atoms with E-state index < -0.39 is 0 Å². The molecule has 0 bridgehead atoms. The quantitative estimate of drug-likeness (QED) is 0.917. The molecule has 2 saturated heterocycles. The zero-order valence-electron chi connectivity index (χ0n) is 13.5. The van der Waals surface area contributed by atoms with Gasteiger partial charge in [0, 0.05) is 50.7 Å². The minimum absolute atomic E-state index is 0.0171. The number of carbonyl (C=O) groups is 1. The number of piperazine rings is 1. The zero-order chi connectivity index (χ0) is 15.5. The molecule has 0 spiro atoms. The predicted octanol–water partition coefficient (Wildman–Crippen LogP) is 1.43. The van der Waals surface area contributed by atoms with Crippen LogP contribution in [0.25, 0.3) is 0 Å². The molecule has 3 rings (SSSR count). The van der Waals surface area contributed by atoms with E-state index >= 15 is 0 Å². The van der Waals surface area contributed by atoms with Crippen molar-refractivity contribution < 1.29 is 4.79 Å². The van der Waals surface area contributed by atoms with Crippen molar-refractivity contribution in [1.29, 1.82) is 0 Å². The van der Waals surface area contributed by atoms with E-state index in [2.05, 4.69) is 35.1 Å². The number of hydrogen-bond acceptors (Lipinski definition) is 4. The van der Waals surface area contributed by atoms with Crippen LogP contribution in [-0.2, 0) is 4.79 Å². The van der Waals surface area contributed by atoms with Gasteiger partial charge in [-0.25, -0.2) is 0 Å². The molecule has 1 N–H and O–H groups in total. The lowest BCUT2D eigenvalue weighted by Gasteiger charge is -2.45. The molecule has 120 valence electrons. The van der Waals surface area contributed by atoms with Crippen LogP contribution in [0.4, 0.5) is 0 Å². The van der Waals surface area contributed by atoms with Gasteiger partial charge in [-0.15, -0.1) is 0 Å². The highest BCUT2D eigenvalue weighted by Gasteiger charge is 2.38. The van der Waals surface area contributed by atoms with Crippen LogP contribution < -0.4 is 5.32 Å². The molecular formula is C17H26N4O. The second-order valence-electron chi connectivity index (χ2n) is 6.53. The minimum Gasteiger partial charge on any atom is -0.339 e. The molecule has 2 aliphatic rings. The summed E-state index contributed by atoms with van der Waals surface area (Å²) in [6.45, 7) is 7.87. The van der Waals surface area contributed by atoms with Gasteiger partial charge in [-0.05, 0) is 38.3 Å². The first-order chi connectivity index (χ1) is 10.7. The van der Waals surface area contributed by atoms with Crippen molar-refractivity contribution in [2.24, 2.45) is 0 Å². The molecule has 5 nitrogen and oxygen atoms in total. The van der Waals surface area contributed by atoms with Gasteiger partial charge in [0.25, 0.3) is 0 Å². The van der Waals surface area contributed by atoms with E-state index in [1.807, 2.05) is 17.2 Å². The Morgan fingerprint density at radius 2 is 2.18 bits per heavy atom. The summed E-state index contributed by atoms with van der Waals surface area (Å²) < 4.78 is 0. The highest BCUT2D eigenvalue weighted by molar-refractivity contribution is 5.83. The summed E-state index contributed by atoms with van der Waals surface area (Å²) in [4.78, 5) is 21.6. The molecule has 0 saturated carbocycles. The molecule has 1 aromatic heterocycles. The van der Waals surface area contributed by atoms with Crippen molar-refractivity contribution in [3.05, 3.63) is 30.1 Å². The average Bonchev–Trinajstić information content (AvgIpc) is 2.56. The lowest BCUT2D eigenvalue weighted by atomic mass is 9.96. The standard InChI is InChI=1S/C17H26N4O/c1-13(2)20-9-4-6-15(17(20)22)21-10-8-19-12-16(21)14-5-3-7-18-11-14/h3,5,7,11,13,15-16,19H,4,6,8-10,12H2,1-2H3. The third-order valence-corrected chi connectivity index (χ3v) is 4.82. The molecule has 0 aliphatic carbocycles. The van der Waals surface area contributed by atoms with Crippen molar-refractivity contribution in [2.75, 3.05) is 26.2 Å². The fourth-order valence-electron chi connectivity index (χ4n) is 3.68. The van der Waals surface area contributed by atoms with Gasteiger partial charge < -0.3 is 10.2 Å². The Morgan fingerprint density at radius 3 is 2.91 bits per heavy atom. The van der Waals surface area contributed by atoms with Crippen LogP contribution in [0.15, 0.2) is 24.5 Å². The van der Waals surface area contributed by atoms with Crippen molar-refractivity contribution in [3.63, 3.8) is 0 Å². The van der Waals surface area contributed by atoms with E-state index in [-0.39, 0.29) is 18.1 Å². The Labute approximate surface area is 132 Å². The summed E-state index contributed by atoms with van der Waals surface area (Å²) in [5.74, 6) is 0.303. The molecule has 22 heavy (non-hydrogen) atoms. The Hall–Kier alpha value is -1.46. The second-order valence-corrected chi connectivity index (χ2v) is 6.53. The number of pyridine rings is 1. The molecule has 0 aromatic carbocycles. The van der Waals surface area contributed by atoms with Gasteiger partial charge in [0.2, 0.25) is 5.91 Å². The van der Waals surface area contributed by atoms with Gasteiger partial charge in [-0.1, -0.05) is 6.07 Å². The lowest BCUT2D eigenvalue weighted by Crippen LogP contribution is -2.59. The first-order valence-corrected chi connectivity index (χ1v) is 8.35. The summed E-state index contributed by atoms with van der Waals surface area (Å²) in [5.41, 5.74) is 1.20. The number of nitrogens with one attached hydrogen (secondary N) is 1. The molecule has 1 aromatic rings. The van der Waals surface area contributed by atoms with Crippen molar-refractivity contribution in [1.82, 2.24) is 20.1 Å². The van der Waals surface area contributed by atoms with Crippen LogP contribution >= 0.6 is 0 Å². The van der Waals surface area contributed by atoms with Crippen LogP contribution in [0.5, 0.6) is 0 Å².